The molecule has 1 fully saturated rings. The molecule has 1 amide bonds. The third-order valence-corrected chi connectivity index (χ3v) is 6.80. The summed E-state index contributed by atoms with van der Waals surface area (Å²) in [7, 11) is -2.17. The van der Waals surface area contributed by atoms with E-state index >= 15 is 0 Å². The molecule has 0 atom stereocenters. The van der Waals surface area contributed by atoms with Crippen LogP contribution in [0.4, 0.5) is 5.69 Å². The Morgan fingerprint density at radius 1 is 1.13 bits per heavy atom. The van der Waals surface area contributed by atoms with Crippen LogP contribution in [0, 0.1) is 6.92 Å². The highest BCUT2D eigenvalue weighted by Crippen LogP contribution is 2.29. The first-order chi connectivity index (χ1) is 14.4. The minimum Gasteiger partial charge on any atom is -0.493 e. The second-order valence-corrected chi connectivity index (χ2v) is 8.66. The van der Waals surface area contributed by atoms with Gasteiger partial charge >= 0.3 is 0 Å². The molecule has 30 heavy (non-hydrogen) atoms. The normalized spacial score (nSPS) is 14.9. The van der Waals surface area contributed by atoms with Crippen LogP contribution in [0.2, 0.25) is 0 Å². The number of sulfonamides is 1. The summed E-state index contributed by atoms with van der Waals surface area (Å²) in [6, 6.07) is 9.73. The molecule has 0 unspecified atom stereocenters. The van der Waals surface area contributed by atoms with Gasteiger partial charge in [0.15, 0.2) is 11.5 Å². The predicted octanol–water partition coefficient (Wildman–Crippen LogP) is 2.68. The van der Waals surface area contributed by atoms with Crippen LogP contribution >= 0.6 is 0 Å². The first kappa shape index (κ1) is 22.1. The van der Waals surface area contributed by atoms with Crippen molar-refractivity contribution in [3.8, 4) is 11.5 Å². The fraction of sp³-hybridized carbons (Fsp3) is 0.381. The Morgan fingerprint density at radius 3 is 2.53 bits per heavy atom. The van der Waals surface area contributed by atoms with E-state index in [9.17, 15) is 13.2 Å². The molecule has 0 aliphatic carbocycles. The zero-order valence-corrected chi connectivity index (χ0v) is 18.1. The lowest BCUT2D eigenvalue weighted by molar-refractivity contribution is 0.0730. The van der Waals surface area contributed by atoms with E-state index in [-0.39, 0.29) is 10.8 Å². The summed E-state index contributed by atoms with van der Waals surface area (Å²) in [5.41, 5.74) is 1.38. The maximum absolute atomic E-state index is 13.0. The van der Waals surface area contributed by atoms with Crippen molar-refractivity contribution in [3.63, 3.8) is 0 Å². The molecule has 0 spiro atoms. The van der Waals surface area contributed by atoms with Crippen LogP contribution in [-0.2, 0) is 14.8 Å². The highest BCUT2D eigenvalue weighted by Gasteiger charge is 2.28. The molecule has 0 aromatic heterocycles. The standard InChI is InChI=1S/C21H26N2O6S/c1-4-29-18-8-6-16(13-19(18)27-3)21(24)22-17-7-5-15(2)20(14-17)30(25,26)23-9-11-28-12-10-23/h5-8,13-14H,4,9-12H2,1-3H3,(H,22,24). The minimum atomic E-state index is -3.67. The lowest BCUT2D eigenvalue weighted by Gasteiger charge is -2.26. The average Bonchev–Trinajstić information content (AvgIpc) is 2.76. The van der Waals surface area contributed by atoms with Gasteiger partial charge in [-0.3, -0.25) is 4.79 Å². The largest absolute Gasteiger partial charge is 0.493 e. The SMILES string of the molecule is CCOc1ccc(C(=O)Nc2ccc(C)c(S(=O)(=O)N3CCOCC3)c2)cc1OC. The summed E-state index contributed by atoms with van der Waals surface area (Å²) in [6.07, 6.45) is 0. The van der Waals surface area contributed by atoms with E-state index in [0.29, 0.717) is 61.2 Å². The number of methoxy groups -OCH3 is 1. The average molecular weight is 435 g/mol. The molecule has 1 saturated heterocycles. The number of nitrogens with one attached hydrogen (secondary N) is 1. The van der Waals surface area contributed by atoms with E-state index in [4.69, 9.17) is 14.2 Å². The van der Waals surface area contributed by atoms with E-state index in [0.717, 1.165) is 0 Å². The molecule has 1 aliphatic rings. The number of hydrogen-bond donors (Lipinski definition) is 1. The fourth-order valence-corrected chi connectivity index (χ4v) is 4.83. The third kappa shape index (κ3) is 4.75. The molecule has 162 valence electrons. The third-order valence-electron chi connectivity index (χ3n) is 4.76. The Morgan fingerprint density at radius 2 is 1.87 bits per heavy atom. The maximum atomic E-state index is 13.0. The van der Waals surface area contributed by atoms with Crippen molar-refractivity contribution in [3.05, 3.63) is 47.5 Å². The van der Waals surface area contributed by atoms with Gasteiger partial charge in [0.05, 0.1) is 31.8 Å². The summed E-state index contributed by atoms with van der Waals surface area (Å²) >= 11 is 0. The summed E-state index contributed by atoms with van der Waals surface area (Å²) in [5.74, 6) is 0.615. The second kappa shape index (κ2) is 9.46. The topological polar surface area (TPSA) is 94.2 Å². The molecule has 0 saturated carbocycles. The van der Waals surface area contributed by atoms with Gasteiger partial charge in [-0.2, -0.15) is 4.31 Å². The van der Waals surface area contributed by atoms with Crippen LogP contribution in [-0.4, -0.2) is 58.7 Å². The van der Waals surface area contributed by atoms with Crippen molar-refractivity contribution in [2.45, 2.75) is 18.7 Å². The van der Waals surface area contributed by atoms with E-state index in [2.05, 4.69) is 5.32 Å². The van der Waals surface area contributed by atoms with Gasteiger partial charge in [-0.25, -0.2) is 8.42 Å². The van der Waals surface area contributed by atoms with Gasteiger partial charge in [-0.05, 0) is 49.7 Å². The van der Waals surface area contributed by atoms with Gasteiger partial charge in [0.2, 0.25) is 10.0 Å². The van der Waals surface area contributed by atoms with Crippen LogP contribution in [0.5, 0.6) is 11.5 Å². The number of amides is 1. The Hall–Kier alpha value is -2.62. The Kier molecular flexibility index (Phi) is 6.96. The molecular formula is C21H26N2O6S. The Bertz CT molecular complexity index is 1020. The summed E-state index contributed by atoms with van der Waals surface area (Å²) < 4.78 is 43.5. The number of benzene rings is 2. The predicted molar refractivity (Wildman–Crippen MR) is 113 cm³/mol. The monoisotopic (exact) mass is 434 g/mol. The van der Waals surface area contributed by atoms with Crippen molar-refractivity contribution >= 4 is 21.6 Å². The van der Waals surface area contributed by atoms with E-state index in [1.165, 1.54) is 17.5 Å². The fourth-order valence-electron chi connectivity index (χ4n) is 3.17. The molecule has 2 aromatic carbocycles. The van der Waals surface area contributed by atoms with Gasteiger partial charge in [0.1, 0.15) is 0 Å². The molecule has 1 N–H and O–H groups in total. The van der Waals surface area contributed by atoms with Crippen LogP contribution in [0.1, 0.15) is 22.8 Å². The smallest absolute Gasteiger partial charge is 0.255 e. The molecule has 3 rings (SSSR count). The zero-order valence-electron chi connectivity index (χ0n) is 17.3. The summed E-state index contributed by atoms with van der Waals surface area (Å²) in [6.45, 7) is 5.43. The van der Waals surface area contributed by atoms with Crippen molar-refractivity contribution in [1.29, 1.82) is 0 Å². The number of ether oxygens (including phenoxy) is 3. The molecule has 1 aliphatic heterocycles. The summed E-state index contributed by atoms with van der Waals surface area (Å²) in [4.78, 5) is 12.9. The number of morpholine rings is 1. The van der Waals surface area contributed by atoms with E-state index in [1.54, 1.807) is 37.3 Å². The van der Waals surface area contributed by atoms with Crippen molar-refractivity contribution in [2.24, 2.45) is 0 Å². The number of hydrogen-bond acceptors (Lipinski definition) is 6. The minimum absolute atomic E-state index is 0.173. The number of carbonyl (C=O) groups is 1. The van der Waals surface area contributed by atoms with Gasteiger partial charge in [0.25, 0.3) is 5.91 Å². The quantitative estimate of drug-likeness (QED) is 0.720. The van der Waals surface area contributed by atoms with Gasteiger partial charge in [0, 0.05) is 24.3 Å². The van der Waals surface area contributed by atoms with Crippen LogP contribution in [0.3, 0.4) is 0 Å². The molecular weight excluding hydrogens is 408 g/mol. The molecule has 0 radical (unpaired) electrons. The lowest BCUT2D eigenvalue weighted by atomic mass is 10.1. The Balaban J connectivity index is 1.84. The van der Waals surface area contributed by atoms with Gasteiger partial charge in [-0.1, -0.05) is 6.07 Å². The summed E-state index contributed by atoms with van der Waals surface area (Å²) in [5, 5.41) is 2.76. The van der Waals surface area contributed by atoms with Crippen molar-refractivity contribution in [2.75, 3.05) is 45.3 Å². The zero-order chi connectivity index (χ0) is 21.7. The molecule has 2 aromatic rings. The second-order valence-electron chi connectivity index (χ2n) is 6.75. The number of aryl methyl sites for hydroxylation is 1. The van der Waals surface area contributed by atoms with Crippen molar-refractivity contribution < 1.29 is 27.4 Å². The number of anilines is 1. The first-order valence-electron chi connectivity index (χ1n) is 9.67. The van der Waals surface area contributed by atoms with E-state index < -0.39 is 10.0 Å². The molecule has 9 heteroatoms. The number of carbonyl (C=O) groups excluding carboxylic acids is 1. The first-order valence-corrected chi connectivity index (χ1v) is 11.1. The Labute approximate surface area is 176 Å². The number of rotatable bonds is 7. The maximum Gasteiger partial charge on any atom is 0.255 e. The highest BCUT2D eigenvalue weighted by atomic mass is 32.2. The molecule has 1 heterocycles. The number of nitrogens with zero attached hydrogens (tertiary/aromatic N) is 1. The van der Waals surface area contributed by atoms with Crippen LogP contribution in [0.25, 0.3) is 0 Å². The van der Waals surface area contributed by atoms with Crippen molar-refractivity contribution in [1.82, 2.24) is 4.31 Å². The lowest BCUT2D eigenvalue weighted by Crippen LogP contribution is -2.40. The molecule has 8 nitrogen and oxygen atoms in total. The van der Waals surface area contributed by atoms with Crippen LogP contribution in [0.15, 0.2) is 41.3 Å². The van der Waals surface area contributed by atoms with Gasteiger partial charge in [-0.15, -0.1) is 0 Å². The van der Waals surface area contributed by atoms with Gasteiger partial charge < -0.3 is 19.5 Å². The molecule has 0 bridgehead atoms. The van der Waals surface area contributed by atoms with E-state index in [1.807, 2.05) is 6.92 Å². The highest BCUT2D eigenvalue weighted by molar-refractivity contribution is 7.89. The van der Waals surface area contributed by atoms with Crippen LogP contribution < -0.4 is 14.8 Å².